The van der Waals surface area contributed by atoms with Crippen LogP contribution in [-0.2, 0) is 14.6 Å². The van der Waals surface area contributed by atoms with Gasteiger partial charge in [0, 0.05) is 6.26 Å². The maximum absolute atomic E-state index is 11.8. The van der Waals surface area contributed by atoms with Crippen molar-refractivity contribution in [3.63, 3.8) is 0 Å². The van der Waals surface area contributed by atoms with Crippen molar-refractivity contribution in [2.75, 3.05) is 18.6 Å². The number of nitrogens with two attached hydrogens (primary N) is 1. The van der Waals surface area contributed by atoms with E-state index in [0.29, 0.717) is 5.69 Å². The number of nitrogens with zero attached hydrogens (tertiary/aromatic N) is 2. The van der Waals surface area contributed by atoms with Crippen LogP contribution in [0.5, 0.6) is 0 Å². The second-order valence-corrected chi connectivity index (χ2v) is 6.32. The minimum Gasteiger partial charge on any atom is -0.461 e. The highest BCUT2D eigenvalue weighted by Gasteiger charge is 2.20. The second-order valence-electron chi connectivity index (χ2n) is 4.34. The largest absolute Gasteiger partial charge is 0.461 e. The first-order chi connectivity index (χ1) is 9.84. The van der Waals surface area contributed by atoms with Gasteiger partial charge in [-0.25, -0.2) is 17.9 Å². The van der Waals surface area contributed by atoms with Gasteiger partial charge in [0.1, 0.15) is 0 Å². The number of benzene rings is 1. The van der Waals surface area contributed by atoms with Crippen LogP contribution in [0.2, 0.25) is 0 Å². The van der Waals surface area contributed by atoms with Gasteiger partial charge in [0.25, 0.3) is 0 Å². The molecule has 2 aromatic rings. The fourth-order valence-corrected chi connectivity index (χ4v) is 2.70. The lowest BCUT2D eigenvalue weighted by Crippen LogP contribution is -2.09. The monoisotopic (exact) mass is 309 g/mol. The lowest BCUT2D eigenvalue weighted by atomic mass is 10.3. The fourth-order valence-electron chi connectivity index (χ4n) is 1.83. The number of carbonyl (C=O) groups is 1. The molecule has 7 nitrogen and oxygen atoms in total. The number of ether oxygens (including phenoxy) is 1. The van der Waals surface area contributed by atoms with Crippen molar-refractivity contribution >= 4 is 21.5 Å². The van der Waals surface area contributed by atoms with Gasteiger partial charge < -0.3 is 10.5 Å². The molecule has 0 aliphatic heterocycles. The van der Waals surface area contributed by atoms with Crippen LogP contribution in [-0.4, -0.2) is 37.0 Å². The highest BCUT2D eigenvalue weighted by molar-refractivity contribution is 7.90. The van der Waals surface area contributed by atoms with E-state index in [1.807, 2.05) is 0 Å². The number of hydrogen-bond donors (Lipinski definition) is 1. The molecule has 0 aliphatic carbocycles. The van der Waals surface area contributed by atoms with E-state index in [0.717, 1.165) is 6.26 Å². The molecule has 0 radical (unpaired) electrons. The van der Waals surface area contributed by atoms with Crippen LogP contribution in [0.15, 0.2) is 35.4 Å². The Morgan fingerprint density at radius 3 is 2.67 bits per heavy atom. The van der Waals surface area contributed by atoms with E-state index in [1.54, 1.807) is 25.1 Å². The average Bonchev–Trinajstić information content (AvgIpc) is 2.80. The zero-order valence-corrected chi connectivity index (χ0v) is 12.4. The number of esters is 1. The van der Waals surface area contributed by atoms with E-state index >= 15 is 0 Å². The summed E-state index contributed by atoms with van der Waals surface area (Å²) in [6.45, 7) is 1.87. The summed E-state index contributed by atoms with van der Waals surface area (Å²) in [5.41, 5.74) is 6.14. The molecule has 0 amide bonds. The summed E-state index contributed by atoms with van der Waals surface area (Å²) >= 11 is 0. The van der Waals surface area contributed by atoms with Crippen molar-refractivity contribution in [2.45, 2.75) is 11.8 Å². The smallest absolute Gasteiger partial charge is 0.361 e. The molecule has 0 unspecified atom stereocenters. The molecule has 0 aliphatic rings. The number of hydrogen-bond acceptors (Lipinski definition) is 6. The predicted octanol–water partition coefficient (Wildman–Crippen LogP) is 1.03. The Hall–Kier alpha value is -2.35. The normalized spacial score (nSPS) is 11.3. The molecule has 21 heavy (non-hydrogen) atoms. The molecule has 1 aromatic heterocycles. The molecule has 0 saturated heterocycles. The summed E-state index contributed by atoms with van der Waals surface area (Å²) in [5, 5.41) is 4.03. The maximum Gasteiger partial charge on any atom is 0.361 e. The summed E-state index contributed by atoms with van der Waals surface area (Å²) in [4.78, 5) is 11.8. The summed E-state index contributed by atoms with van der Waals surface area (Å²) in [5.74, 6) is -0.648. The summed E-state index contributed by atoms with van der Waals surface area (Å²) in [7, 11) is -3.43. The van der Waals surface area contributed by atoms with Gasteiger partial charge in [-0.2, -0.15) is 5.10 Å². The standard InChI is InChI=1S/C13H15N3O4S/c1-3-20-13(17)12-9(14)8-16(15-12)10-6-4-5-7-11(10)21(2,18)19/h4-8H,3,14H2,1-2H3. The lowest BCUT2D eigenvalue weighted by molar-refractivity contribution is 0.0520. The fraction of sp³-hybridized carbons (Fsp3) is 0.231. The summed E-state index contributed by atoms with van der Waals surface area (Å²) in [6.07, 6.45) is 2.49. The number of nitrogen functional groups attached to an aromatic ring is 1. The van der Waals surface area contributed by atoms with Crippen LogP contribution in [0.1, 0.15) is 17.4 Å². The molecule has 2 rings (SSSR count). The highest BCUT2D eigenvalue weighted by Crippen LogP contribution is 2.21. The zero-order valence-electron chi connectivity index (χ0n) is 11.6. The molecule has 0 atom stereocenters. The Bertz CT molecular complexity index is 780. The van der Waals surface area contributed by atoms with Crippen molar-refractivity contribution in [3.8, 4) is 5.69 Å². The van der Waals surface area contributed by atoms with E-state index in [-0.39, 0.29) is 22.9 Å². The number of carbonyl (C=O) groups excluding carboxylic acids is 1. The van der Waals surface area contributed by atoms with Crippen molar-refractivity contribution < 1.29 is 17.9 Å². The van der Waals surface area contributed by atoms with Gasteiger partial charge in [-0.3, -0.25) is 0 Å². The molecule has 0 saturated carbocycles. The molecule has 8 heteroatoms. The Morgan fingerprint density at radius 1 is 1.38 bits per heavy atom. The molecular weight excluding hydrogens is 294 g/mol. The average molecular weight is 309 g/mol. The molecule has 0 bridgehead atoms. The van der Waals surface area contributed by atoms with Gasteiger partial charge in [-0.05, 0) is 19.1 Å². The second kappa shape index (κ2) is 5.57. The number of sulfone groups is 1. The van der Waals surface area contributed by atoms with Crippen LogP contribution in [0.25, 0.3) is 5.69 Å². The van der Waals surface area contributed by atoms with Crippen LogP contribution in [0, 0.1) is 0 Å². The van der Waals surface area contributed by atoms with Gasteiger partial charge in [0.05, 0.1) is 29.1 Å². The summed E-state index contributed by atoms with van der Waals surface area (Å²) in [6, 6.07) is 6.33. The number of para-hydroxylation sites is 1. The Kier molecular flexibility index (Phi) is 3.99. The minimum atomic E-state index is -3.43. The lowest BCUT2D eigenvalue weighted by Gasteiger charge is -2.07. The highest BCUT2D eigenvalue weighted by atomic mass is 32.2. The molecule has 1 heterocycles. The summed E-state index contributed by atoms with van der Waals surface area (Å²) < 4.78 is 29.7. The van der Waals surface area contributed by atoms with Gasteiger partial charge in [0.15, 0.2) is 15.5 Å². The van der Waals surface area contributed by atoms with E-state index < -0.39 is 15.8 Å². The third-order valence-electron chi connectivity index (χ3n) is 2.72. The van der Waals surface area contributed by atoms with Crippen molar-refractivity contribution in [2.24, 2.45) is 0 Å². The maximum atomic E-state index is 11.8. The molecule has 112 valence electrons. The van der Waals surface area contributed by atoms with Crippen LogP contribution in [0.4, 0.5) is 5.69 Å². The van der Waals surface area contributed by atoms with E-state index in [1.165, 1.54) is 16.9 Å². The van der Waals surface area contributed by atoms with Crippen molar-refractivity contribution in [3.05, 3.63) is 36.2 Å². The van der Waals surface area contributed by atoms with Crippen LogP contribution < -0.4 is 5.73 Å². The van der Waals surface area contributed by atoms with Gasteiger partial charge in [0.2, 0.25) is 0 Å². The minimum absolute atomic E-state index is 0.0415. The van der Waals surface area contributed by atoms with E-state index in [4.69, 9.17) is 10.5 Å². The van der Waals surface area contributed by atoms with Crippen molar-refractivity contribution in [1.29, 1.82) is 0 Å². The molecular formula is C13H15N3O4S. The number of aromatic nitrogens is 2. The number of rotatable bonds is 4. The molecule has 2 N–H and O–H groups in total. The molecule has 1 aromatic carbocycles. The predicted molar refractivity (Wildman–Crippen MR) is 77.0 cm³/mol. The first-order valence-electron chi connectivity index (χ1n) is 6.16. The van der Waals surface area contributed by atoms with E-state index in [2.05, 4.69) is 5.10 Å². The van der Waals surface area contributed by atoms with Gasteiger partial charge >= 0.3 is 5.97 Å². The first-order valence-corrected chi connectivity index (χ1v) is 8.05. The first kappa shape index (κ1) is 15.0. The van der Waals surface area contributed by atoms with Crippen LogP contribution in [0.3, 0.4) is 0 Å². The Morgan fingerprint density at radius 2 is 2.05 bits per heavy atom. The number of anilines is 1. The third-order valence-corrected chi connectivity index (χ3v) is 3.87. The topological polar surface area (TPSA) is 104 Å². The Balaban J connectivity index is 2.55. The SMILES string of the molecule is CCOC(=O)c1nn(-c2ccccc2S(C)(=O)=O)cc1N. The van der Waals surface area contributed by atoms with E-state index in [9.17, 15) is 13.2 Å². The quantitative estimate of drug-likeness (QED) is 0.846. The van der Waals surface area contributed by atoms with Crippen molar-refractivity contribution in [1.82, 2.24) is 9.78 Å². The molecule has 0 spiro atoms. The van der Waals surface area contributed by atoms with Crippen LogP contribution >= 0.6 is 0 Å². The Labute approximate surface area is 122 Å². The third kappa shape index (κ3) is 3.05. The van der Waals surface area contributed by atoms with Gasteiger partial charge in [-0.1, -0.05) is 12.1 Å². The van der Waals surface area contributed by atoms with Gasteiger partial charge in [-0.15, -0.1) is 0 Å². The zero-order chi connectivity index (χ0) is 15.6. The molecule has 0 fully saturated rings.